The Bertz CT molecular complexity index is 604. The number of carbonyl (C=O) groups is 1. The zero-order chi connectivity index (χ0) is 12.4. The van der Waals surface area contributed by atoms with E-state index in [0.717, 1.165) is 9.75 Å². The average Bonchev–Trinajstić information content (AvgIpc) is 2.93. The third kappa shape index (κ3) is 2.08. The van der Waals surface area contributed by atoms with E-state index in [-0.39, 0.29) is 0 Å². The Morgan fingerprint density at radius 2 is 2.29 bits per heavy atom. The highest BCUT2D eigenvalue weighted by Gasteiger charge is 2.18. The zero-order valence-corrected chi connectivity index (χ0v) is 10.2. The normalized spacial score (nSPS) is 9.94. The predicted molar refractivity (Wildman–Crippen MR) is 64.9 cm³/mol. The molecule has 4 nitrogen and oxygen atoms in total. The minimum absolute atomic E-state index is 0.353. The summed E-state index contributed by atoms with van der Waals surface area (Å²) in [6.45, 7) is 1.99. The predicted octanol–water partition coefficient (Wildman–Crippen LogP) is 2.71. The van der Waals surface area contributed by atoms with Crippen LogP contribution in [-0.2, 0) is 4.74 Å². The zero-order valence-electron chi connectivity index (χ0n) is 9.40. The van der Waals surface area contributed by atoms with E-state index in [4.69, 9.17) is 10.00 Å². The first kappa shape index (κ1) is 11.4. The summed E-state index contributed by atoms with van der Waals surface area (Å²) in [6.07, 6.45) is 0. The largest absolute Gasteiger partial charge is 0.465 e. The lowest BCUT2D eigenvalue weighted by Crippen LogP contribution is -2.00. The molecule has 5 heteroatoms. The molecule has 0 fully saturated rings. The van der Waals surface area contributed by atoms with E-state index in [1.54, 1.807) is 11.3 Å². The van der Waals surface area contributed by atoms with Crippen molar-refractivity contribution in [3.63, 3.8) is 0 Å². The summed E-state index contributed by atoms with van der Waals surface area (Å²) in [7, 11) is 1.32. The SMILES string of the molecule is COC(=O)c1cc(C#N)[nH]c1-c1ccc(C)s1. The van der Waals surface area contributed by atoms with Gasteiger partial charge in [-0.15, -0.1) is 11.3 Å². The molecule has 0 amide bonds. The van der Waals surface area contributed by atoms with Crippen molar-refractivity contribution >= 4 is 17.3 Å². The minimum atomic E-state index is -0.441. The highest BCUT2D eigenvalue weighted by molar-refractivity contribution is 7.15. The molecule has 0 aromatic carbocycles. The highest BCUT2D eigenvalue weighted by Crippen LogP contribution is 2.30. The first-order valence-electron chi connectivity index (χ1n) is 4.94. The van der Waals surface area contributed by atoms with E-state index in [2.05, 4.69) is 4.98 Å². The van der Waals surface area contributed by atoms with Crippen molar-refractivity contribution < 1.29 is 9.53 Å². The molecule has 0 spiro atoms. The second-order valence-corrected chi connectivity index (χ2v) is 4.77. The molecule has 2 heterocycles. The van der Waals surface area contributed by atoms with E-state index in [1.807, 2.05) is 25.1 Å². The average molecular weight is 246 g/mol. The standard InChI is InChI=1S/C12H10N2O2S/c1-7-3-4-10(17-7)11-9(12(15)16-2)5-8(6-13)14-11/h3-5,14H,1-2H3. The van der Waals surface area contributed by atoms with Crippen LogP contribution in [0.4, 0.5) is 0 Å². The number of ether oxygens (including phenoxy) is 1. The Morgan fingerprint density at radius 1 is 1.53 bits per heavy atom. The van der Waals surface area contributed by atoms with Crippen LogP contribution in [0, 0.1) is 18.3 Å². The van der Waals surface area contributed by atoms with Gasteiger partial charge in [0.15, 0.2) is 0 Å². The van der Waals surface area contributed by atoms with Crippen LogP contribution < -0.4 is 0 Å². The van der Waals surface area contributed by atoms with Gasteiger partial charge in [-0.1, -0.05) is 0 Å². The summed E-state index contributed by atoms with van der Waals surface area (Å²) in [4.78, 5) is 16.6. The highest BCUT2D eigenvalue weighted by atomic mass is 32.1. The number of esters is 1. The number of H-pyrrole nitrogens is 1. The number of methoxy groups -OCH3 is 1. The molecule has 0 saturated carbocycles. The maximum atomic E-state index is 11.6. The van der Waals surface area contributed by atoms with Crippen molar-refractivity contribution in [3.05, 3.63) is 34.3 Å². The fourth-order valence-electron chi connectivity index (χ4n) is 1.55. The van der Waals surface area contributed by atoms with Crippen molar-refractivity contribution in [3.8, 4) is 16.6 Å². The van der Waals surface area contributed by atoms with Crippen molar-refractivity contribution in [2.75, 3.05) is 7.11 Å². The number of aromatic amines is 1. The molecule has 0 aliphatic carbocycles. The summed E-state index contributed by atoms with van der Waals surface area (Å²) >= 11 is 1.56. The topological polar surface area (TPSA) is 65.9 Å². The number of aromatic nitrogens is 1. The van der Waals surface area contributed by atoms with Crippen molar-refractivity contribution in [2.45, 2.75) is 6.92 Å². The Hall–Kier alpha value is -2.06. The number of hydrogen-bond donors (Lipinski definition) is 1. The number of hydrogen-bond acceptors (Lipinski definition) is 4. The van der Waals surface area contributed by atoms with E-state index in [0.29, 0.717) is 17.0 Å². The van der Waals surface area contributed by atoms with Gasteiger partial charge in [0.1, 0.15) is 11.8 Å². The van der Waals surface area contributed by atoms with Gasteiger partial charge in [-0.3, -0.25) is 0 Å². The smallest absolute Gasteiger partial charge is 0.340 e. The maximum absolute atomic E-state index is 11.6. The van der Waals surface area contributed by atoms with Crippen LogP contribution in [0.25, 0.3) is 10.6 Å². The van der Waals surface area contributed by atoms with Gasteiger partial charge in [-0.05, 0) is 25.1 Å². The molecule has 17 heavy (non-hydrogen) atoms. The van der Waals surface area contributed by atoms with Crippen molar-refractivity contribution in [2.24, 2.45) is 0 Å². The second-order valence-electron chi connectivity index (χ2n) is 3.49. The van der Waals surface area contributed by atoms with Gasteiger partial charge in [-0.25, -0.2) is 4.79 Å². The summed E-state index contributed by atoms with van der Waals surface area (Å²) in [5.41, 5.74) is 1.39. The number of nitrogens with zero attached hydrogens (tertiary/aromatic N) is 1. The van der Waals surface area contributed by atoms with Gasteiger partial charge in [0.2, 0.25) is 0 Å². The molecule has 0 aliphatic heterocycles. The lowest BCUT2D eigenvalue weighted by Gasteiger charge is -1.99. The van der Waals surface area contributed by atoms with E-state index >= 15 is 0 Å². The Labute approximate surface area is 102 Å². The number of rotatable bonds is 2. The summed E-state index contributed by atoms with van der Waals surface area (Å²) in [6, 6.07) is 7.38. The number of nitrogens with one attached hydrogen (secondary N) is 1. The van der Waals surface area contributed by atoms with Crippen LogP contribution in [-0.4, -0.2) is 18.1 Å². The lowest BCUT2D eigenvalue weighted by atomic mass is 10.2. The fourth-order valence-corrected chi connectivity index (χ4v) is 2.43. The van der Waals surface area contributed by atoms with Gasteiger partial charge in [0.05, 0.1) is 23.2 Å². The third-order valence-corrected chi connectivity index (χ3v) is 3.35. The van der Waals surface area contributed by atoms with Crippen LogP contribution >= 0.6 is 11.3 Å². The molecule has 0 atom stereocenters. The van der Waals surface area contributed by atoms with Gasteiger partial charge in [-0.2, -0.15) is 5.26 Å². The van der Waals surface area contributed by atoms with Crippen LogP contribution in [0.2, 0.25) is 0 Å². The lowest BCUT2D eigenvalue weighted by molar-refractivity contribution is 0.0602. The first-order valence-corrected chi connectivity index (χ1v) is 5.75. The molecule has 2 aromatic rings. The summed E-state index contributed by atoms with van der Waals surface area (Å²) in [5, 5.41) is 8.85. The number of aryl methyl sites for hydroxylation is 1. The van der Waals surface area contributed by atoms with Crippen LogP contribution in [0.1, 0.15) is 20.9 Å². The molecule has 2 rings (SSSR count). The molecule has 2 aromatic heterocycles. The molecule has 0 aliphatic rings. The monoisotopic (exact) mass is 246 g/mol. The Morgan fingerprint density at radius 3 is 2.82 bits per heavy atom. The van der Waals surface area contributed by atoms with E-state index < -0.39 is 5.97 Å². The maximum Gasteiger partial charge on any atom is 0.340 e. The molecular formula is C12H10N2O2S. The van der Waals surface area contributed by atoms with E-state index in [9.17, 15) is 4.79 Å². The quantitative estimate of drug-likeness (QED) is 0.828. The molecule has 1 N–H and O–H groups in total. The fraction of sp³-hybridized carbons (Fsp3) is 0.167. The third-order valence-electron chi connectivity index (χ3n) is 2.33. The minimum Gasteiger partial charge on any atom is -0.465 e. The van der Waals surface area contributed by atoms with Crippen molar-refractivity contribution in [1.29, 1.82) is 5.26 Å². The molecule has 0 saturated heterocycles. The van der Waals surface area contributed by atoms with Crippen molar-refractivity contribution in [1.82, 2.24) is 4.98 Å². The summed E-state index contributed by atoms with van der Waals surface area (Å²) < 4.78 is 4.70. The van der Waals surface area contributed by atoms with E-state index in [1.165, 1.54) is 13.2 Å². The number of thiophene rings is 1. The molecule has 0 radical (unpaired) electrons. The first-order chi connectivity index (χ1) is 8.15. The molecule has 0 unspecified atom stereocenters. The van der Waals surface area contributed by atoms with Crippen LogP contribution in [0.5, 0.6) is 0 Å². The number of nitriles is 1. The van der Waals surface area contributed by atoms with Crippen LogP contribution in [0.3, 0.4) is 0 Å². The summed E-state index contributed by atoms with van der Waals surface area (Å²) in [5.74, 6) is -0.441. The van der Waals surface area contributed by atoms with Crippen LogP contribution in [0.15, 0.2) is 18.2 Å². The molecule has 86 valence electrons. The van der Waals surface area contributed by atoms with Gasteiger partial charge >= 0.3 is 5.97 Å². The Balaban J connectivity index is 2.56. The Kier molecular flexibility index (Phi) is 2.98. The van der Waals surface area contributed by atoms with Gasteiger partial charge in [0, 0.05) is 4.88 Å². The number of carbonyl (C=O) groups excluding carboxylic acids is 1. The molecule has 0 bridgehead atoms. The van der Waals surface area contributed by atoms with Gasteiger partial charge in [0.25, 0.3) is 0 Å². The second kappa shape index (κ2) is 4.44. The van der Waals surface area contributed by atoms with Gasteiger partial charge < -0.3 is 9.72 Å². The molecular weight excluding hydrogens is 236 g/mol.